The maximum atomic E-state index is 13.5. The molecular formula is C28H29FN2O8. The first-order chi connectivity index (χ1) is 18.7. The Morgan fingerprint density at radius 2 is 1.92 bits per heavy atom. The molecule has 1 aliphatic carbocycles. The number of benzene rings is 2. The predicted octanol–water partition coefficient (Wildman–Crippen LogP) is 1.28. The molecule has 0 bridgehead atoms. The number of carbonyl (C=O) groups excluding carboxylic acids is 4. The number of aldehydes is 1. The van der Waals surface area contributed by atoms with Gasteiger partial charge in [0.2, 0.25) is 11.7 Å². The van der Waals surface area contributed by atoms with Gasteiger partial charge in [-0.2, -0.15) is 0 Å². The zero-order chi connectivity index (χ0) is 28.3. The largest absolute Gasteiger partial charge is 0.493 e. The van der Waals surface area contributed by atoms with E-state index in [2.05, 4.69) is 5.32 Å². The van der Waals surface area contributed by atoms with Crippen LogP contribution < -0.4 is 14.8 Å². The molecule has 1 aliphatic heterocycles. The minimum absolute atomic E-state index is 0.0568. The van der Waals surface area contributed by atoms with Crippen molar-refractivity contribution in [2.24, 2.45) is 0 Å². The van der Waals surface area contributed by atoms with Crippen LogP contribution in [-0.4, -0.2) is 77.5 Å². The molecule has 3 N–H and O–H groups in total. The van der Waals surface area contributed by atoms with Gasteiger partial charge in [0.15, 0.2) is 11.5 Å². The standard InChI is InChI=1S/C28H29FN2O8/c1-3-21(34)28(37)31(13-15-4-6-17(29)7-5-15)20-12-19(27(36)30-8-9-32)23-18-10-16(14-33)11-22(38-2)25(18)39-26(23)24(20)35/h4-7,10-12,14,20,23-24,26,32,35H,3,8-9,13H2,1-2H3,(H,30,36)/t20-,23+,24+,26+/m1/s1. The maximum Gasteiger partial charge on any atom is 0.290 e. The second-order valence-corrected chi connectivity index (χ2v) is 9.24. The van der Waals surface area contributed by atoms with Gasteiger partial charge in [0.05, 0.1) is 25.7 Å². The van der Waals surface area contributed by atoms with Crippen LogP contribution in [0.2, 0.25) is 0 Å². The highest BCUT2D eigenvalue weighted by Crippen LogP contribution is 2.51. The number of aliphatic hydroxyl groups excluding tert-OH is 2. The molecule has 2 aromatic carbocycles. The van der Waals surface area contributed by atoms with Crippen molar-refractivity contribution >= 4 is 23.9 Å². The molecule has 0 unspecified atom stereocenters. The van der Waals surface area contributed by atoms with Crippen molar-refractivity contribution in [2.75, 3.05) is 20.3 Å². The van der Waals surface area contributed by atoms with Crippen molar-refractivity contribution in [1.82, 2.24) is 10.2 Å². The van der Waals surface area contributed by atoms with E-state index in [0.717, 1.165) is 4.90 Å². The Morgan fingerprint density at radius 1 is 1.21 bits per heavy atom. The fourth-order valence-electron chi connectivity index (χ4n) is 4.97. The van der Waals surface area contributed by atoms with Gasteiger partial charge in [0.25, 0.3) is 5.91 Å². The summed E-state index contributed by atoms with van der Waals surface area (Å²) in [4.78, 5) is 51.8. The summed E-state index contributed by atoms with van der Waals surface area (Å²) in [5.74, 6) is -3.04. The van der Waals surface area contributed by atoms with Crippen LogP contribution in [0.3, 0.4) is 0 Å². The molecule has 4 atom stereocenters. The first kappa shape index (κ1) is 27.9. The number of nitrogens with zero attached hydrogens (tertiary/aromatic N) is 1. The van der Waals surface area contributed by atoms with E-state index >= 15 is 0 Å². The third kappa shape index (κ3) is 5.41. The first-order valence-corrected chi connectivity index (χ1v) is 12.4. The lowest BCUT2D eigenvalue weighted by Gasteiger charge is -2.40. The van der Waals surface area contributed by atoms with Gasteiger partial charge in [-0.3, -0.25) is 19.2 Å². The molecule has 2 amide bonds. The number of hydrogen-bond donors (Lipinski definition) is 3. The molecule has 2 aromatic rings. The van der Waals surface area contributed by atoms with E-state index in [-0.39, 0.29) is 48.8 Å². The summed E-state index contributed by atoms with van der Waals surface area (Å²) in [6.45, 7) is 0.993. The number of halogens is 1. The SMILES string of the molecule is CCC(=O)C(=O)N(Cc1ccc(F)cc1)[C@@H]1C=C(C(=O)NCCO)[C@@H]2c3cc(C=O)cc(OC)c3O[C@@H]2[C@H]1O. The molecule has 0 aromatic heterocycles. The average molecular weight is 541 g/mol. The first-order valence-electron chi connectivity index (χ1n) is 12.4. The topological polar surface area (TPSA) is 142 Å². The van der Waals surface area contributed by atoms with Crippen molar-refractivity contribution < 1.29 is 43.3 Å². The average Bonchev–Trinajstić information content (AvgIpc) is 3.34. The lowest BCUT2D eigenvalue weighted by Crippen LogP contribution is -2.56. The lowest BCUT2D eigenvalue weighted by atomic mass is 9.77. The van der Waals surface area contributed by atoms with Crippen LogP contribution in [0, 0.1) is 5.82 Å². The third-order valence-corrected chi connectivity index (χ3v) is 6.86. The molecule has 39 heavy (non-hydrogen) atoms. The van der Waals surface area contributed by atoms with Crippen molar-refractivity contribution in [2.45, 2.75) is 44.1 Å². The Hall–Kier alpha value is -4.09. The predicted molar refractivity (Wildman–Crippen MR) is 136 cm³/mol. The molecule has 11 heteroatoms. The van der Waals surface area contributed by atoms with E-state index in [9.17, 15) is 33.8 Å². The van der Waals surface area contributed by atoms with E-state index in [0.29, 0.717) is 17.4 Å². The van der Waals surface area contributed by atoms with Gasteiger partial charge in [0.1, 0.15) is 24.3 Å². The van der Waals surface area contributed by atoms with Gasteiger partial charge in [-0.25, -0.2) is 4.39 Å². The highest BCUT2D eigenvalue weighted by molar-refractivity contribution is 6.36. The molecule has 4 rings (SSSR count). The molecule has 10 nitrogen and oxygen atoms in total. The molecule has 206 valence electrons. The highest BCUT2D eigenvalue weighted by Gasteiger charge is 2.51. The van der Waals surface area contributed by atoms with Crippen LogP contribution in [0.15, 0.2) is 48.0 Å². The molecule has 0 saturated carbocycles. The van der Waals surface area contributed by atoms with E-state index in [4.69, 9.17) is 9.47 Å². The summed E-state index contributed by atoms with van der Waals surface area (Å²) in [5, 5.41) is 23.4. The summed E-state index contributed by atoms with van der Waals surface area (Å²) >= 11 is 0. The van der Waals surface area contributed by atoms with Gasteiger partial charge in [-0.1, -0.05) is 19.1 Å². The maximum absolute atomic E-state index is 13.5. The minimum atomic E-state index is -1.41. The number of carbonyl (C=O) groups is 4. The normalized spacial score (nSPS) is 21.1. The second-order valence-electron chi connectivity index (χ2n) is 9.24. The number of fused-ring (bicyclic) bond motifs is 3. The Bertz CT molecular complexity index is 1310. The van der Waals surface area contributed by atoms with E-state index in [1.807, 2.05) is 0 Å². The number of methoxy groups -OCH3 is 1. The van der Waals surface area contributed by atoms with Crippen molar-refractivity contribution in [1.29, 1.82) is 0 Å². The number of amides is 2. The number of rotatable bonds is 10. The molecule has 0 radical (unpaired) electrons. The Kier molecular flexibility index (Phi) is 8.41. The summed E-state index contributed by atoms with van der Waals surface area (Å²) in [5.41, 5.74) is 1.32. The number of aliphatic hydroxyl groups is 2. The molecular weight excluding hydrogens is 511 g/mol. The smallest absolute Gasteiger partial charge is 0.290 e. The van der Waals surface area contributed by atoms with Crippen LogP contribution in [0.4, 0.5) is 4.39 Å². The van der Waals surface area contributed by atoms with Crippen molar-refractivity contribution in [3.8, 4) is 11.5 Å². The fourth-order valence-corrected chi connectivity index (χ4v) is 4.97. The van der Waals surface area contributed by atoms with Crippen molar-refractivity contribution in [3.63, 3.8) is 0 Å². The van der Waals surface area contributed by atoms with Gasteiger partial charge in [0, 0.05) is 36.2 Å². The van der Waals surface area contributed by atoms with Crippen LogP contribution in [0.1, 0.15) is 40.7 Å². The number of ketones is 1. The summed E-state index contributed by atoms with van der Waals surface area (Å²) < 4.78 is 25.0. The number of ether oxygens (including phenoxy) is 2. The van der Waals surface area contributed by atoms with Gasteiger partial charge < -0.3 is 29.9 Å². The number of hydrogen-bond acceptors (Lipinski definition) is 8. The van der Waals surface area contributed by atoms with Crippen molar-refractivity contribution in [3.05, 3.63) is 70.6 Å². The molecule has 0 fully saturated rings. The number of Topliss-reactive ketones (excluding diaryl/α,β-unsaturated/α-hetero) is 1. The minimum Gasteiger partial charge on any atom is -0.493 e. The van der Waals surface area contributed by atoms with E-state index in [1.54, 1.807) is 0 Å². The van der Waals surface area contributed by atoms with Crippen LogP contribution >= 0.6 is 0 Å². The number of nitrogens with one attached hydrogen (secondary N) is 1. The van der Waals surface area contributed by atoms with Crippen LogP contribution in [0.5, 0.6) is 11.5 Å². The molecule has 1 heterocycles. The molecule has 0 spiro atoms. The molecule has 2 aliphatic rings. The Balaban J connectivity index is 1.84. The second kappa shape index (κ2) is 11.7. The summed E-state index contributed by atoms with van der Waals surface area (Å²) in [6, 6.07) is 7.16. The zero-order valence-corrected chi connectivity index (χ0v) is 21.4. The van der Waals surface area contributed by atoms with Gasteiger partial charge in [-0.15, -0.1) is 0 Å². The Labute approximate surface area is 224 Å². The fraction of sp³-hybridized carbons (Fsp3) is 0.357. The van der Waals surface area contributed by atoms with Gasteiger partial charge in [-0.05, 0) is 35.9 Å². The lowest BCUT2D eigenvalue weighted by molar-refractivity contribution is -0.148. The zero-order valence-electron chi connectivity index (χ0n) is 21.4. The third-order valence-electron chi connectivity index (χ3n) is 6.86. The summed E-state index contributed by atoms with van der Waals surface area (Å²) in [6.07, 6.45) is -0.556. The van der Waals surface area contributed by atoms with Crippen LogP contribution in [0.25, 0.3) is 0 Å². The van der Waals surface area contributed by atoms with Gasteiger partial charge >= 0.3 is 0 Å². The monoisotopic (exact) mass is 540 g/mol. The van der Waals surface area contributed by atoms with Crippen LogP contribution in [-0.2, 0) is 20.9 Å². The highest BCUT2D eigenvalue weighted by atomic mass is 19.1. The van der Waals surface area contributed by atoms with E-state index in [1.165, 1.54) is 56.5 Å². The molecule has 0 saturated heterocycles. The Morgan fingerprint density at radius 3 is 2.54 bits per heavy atom. The summed E-state index contributed by atoms with van der Waals surface area (Å²) in [7, 11) is 1.39. The quantitative estimate of drug-likeness (QED) is 0.302. The van der Waals surface area contributed by atoms with E-state index < -0.39 is 47.6 Å².